The highest BCUT2D eigenvalue weighted by Crippen LogP contribution is 2.38. The van der Waals surface area contributed by atoms with Gasteiger partial charge in [0, 0.05) is 12.1 Å². The van der Waals surface area contributed by atoms with Gasteiger partial charge in [0.15, 0.2) is 11.5 Å². The van der Waals surface area contributed by atoms with Crippen LogP contribution in [0.1, 0.15) is 33.9 Å². The van der Waals surface area contributed by atoms with E-state index in [0.717, 1.165) is 16.3 Å². The van der Waals surface area contributed by atoms with E-state index in [-0.39, 0.29) is 12.3 Å². The van der Waals surface area contributed by atoms with Crippen LogP contribution in [-0.2, 0) is 11.3 Å². The second kappa shape index (κ2) is 7.47. The Morgan fingerprint density at radius 2 is 1.72 bits per heavy atom. The summed E-state index contributed by atoms with van der Waals surface area (Å²) in [6.07, 6.45) is -0.200. The van der Waals surface area contributed by atoms with Gasteiger partial charge in [0.2, 0.25) is 0 Å². The molecule has 3 aromatic rings. The van der Waals surface area contributed by atoms with Crippen molar-refractivity contribution < 1.29 is 24.2 Å². The molecule has 0 aromatic heterocycles. The lowest BCUT2D eigenvalue weighted by Crippen LogP contribution is -2.30. The number of rotatable bonds is 6. The molecule has 0 radical (unpaired) electrons. The monoisotopic (exact) mass is 391 g/mol. The van der Waals surface area contributed by atoms with E-state index in [1.54, 1.807) is 23.1 Å². The number of carboxylic acids is 1. The Balaban J connectivity index is 1.75. The van der Waals surface area contributed by atoms with Crippen molar-refractivity contribution in [2.24, 2.45) is 0 Å². The third-order valence-electron chi connectivity index (χ3n) is 5.34. The van der Waals surface area contributed by atoms with Crippen molar-refractivity contribution in [3.8, 4) is 11.5 Å². The quantitative estimate of drug-likeness (QED) is 0.687. The molecule has 4 rings (SSSR count). The number of aliphatic carboxylic acids is 1. The summed E-state index contributed by atoms with van der Waals surface area (Å²) in [6.45, 7) is 0.366. The molecule has 1 amide bonds. The van der Waals surface area contributed by atoms with E-state index in [1.165, 1.54) is 14.2 Å². The normalized spacial score (nSPS) is 14.0. The van der Waals surface area contributed by atoms with Gasteiger partial charge in [-0.3, -0.25) is 9.59 Å². The fourth-order valence-corrected chi connectivity index (χ4v) is 3.91. The minimum Gasteiger partial charge on any atom is -0.493 e. The minimum absolute atomic E-state index is 0.160. The maximum Gasteiger partial charge on any atom is 0.305 e. The first-order chi connectivity index (χ1) is 14.0. The number of carbonyl (C=O) groups excluding carboxylic acids is 1. The molecule has 1 aliphatic rings. The van der Waals surface area contributed by atoms with Gasteiger partial charge in [0.25, 0.3) is 5.91 Å². The number of benzene rings is 3. The molecule has 1 N–H and O–H groups in total. The molecule has 3 aromatic carbocycles. The molecule has 0 saturated carbocycles. The Morgan fingerprint density at radius 3 is 2.38 bits per heavy atom. The number of carboxylic acid groups (broad SMARTS) is 1. The molecule has 148 valence electrons. The summed E-state index contributed by atoms with van der Waals surface area (Å²) in [5.74, 6) is -0.0895. The van der Waals surface area contributed by atoms with Gasteiger partial charge in [-0.1, -0.05) is 30.3 Å². The molecular formula is C23H21NO5. The zero-order valence-corrected chi connectivity index (χ0v) is 16.2. The van der Waals surface area contributed by atoms with Gasteiger partial charge < -0.3 is 19.5 Å². The minimum atomic E-state index is -0.973. The van der Waals surface area contributed by atoms with Crippen molar-refractivity contribution in [2.45, 2.75) is 19.0 Å². The van der Waals surface area contributed by atoms with Gasteiger partial charge in [0.05, 0.1) is 26.7 Å². The van der Waals surface area contributed by atoms with Crippen molar-refractivity contribution in [1.29, 1.82) is 0 Å². The van der Waals surface area contributed by atoms with Gasteiger partial charge in [0.1, 0.15) is 0 Å². The number of hydrogen-bond donors (Lipinski definition) is 1. The molecule has 1 atom stereocenters. The smallest absolute Gasteiger partial charge is 0.305 e. The number of amides is 1. The van der Waals surface area contributed by atoms with Crippen LogP contribution in [0.15, 0.2) is 54.6 Å². The maximum atomic E-state index is 13.2. The first-order valence-corrected chi connectivity index (χ1v) is 9.28. The molecule has 6 heteroatoms. The highest BCUT2D eigenvalue weighted by Gasteiger charge is 2.35. The number of carbonyl (C=O) groups is 2. The van der Waals surface area contributed by atoms with E-state index in [0.29, 0.717) is 29.2 Å². The summed E-state index contributed by atoms with van der Waals surface area (Å²) < 4.78 is 10.6. The average Bonchev–Trinajstić information content (AvgIpc) is 3.05. The van der Waals surface area contributed by atoms with Crippen molar-refractivity contribution in [2.75, 3.05) is 14.2 Å². The van der Waals surface area contributed by atoms with Crippen molar-refractivity contribution in [3.63, 3.8) is 0 Å². The molecule has 1 unspecified atom stereocenters. The van der Waals surface area contributed by atoms with Crippen LogP contribution in [0, 0.1) is 0 Å². The third kappa shape index (κ3) is 3.38. The van der Waals surface area contributed by atoms with Crippen molar-refractivity contribution >= 4 is 22.6 Å². The van der Waals surface area contributed by atoms with Gasteiger partial charge in [-0.25, -0.2) is 0 Å². The highest BCUT2D eigenvalue weighted by molar-refractivity contribution is 6.03. The molecule has 0 spiro atoms. The first-order valence-electron chi connectivity index (χ1n) is 9.28. The second-order valence-electron chi connectivity index (χ2n) is 7.02. The molecule has 0 bridgehead atoms. The van der Waals surface area contributed by atoms with Gasteiger partial charge in [-0.2, -0.15) is 0 Å². The third-order valence-corrected chi connectivity index (χ3v) is 5.34. The average molecular weight is 391 g/mol. The van der Waals surface area contributed by atoms with Crippen molar-refractivity contribution in [1.82, 2.24) is 4.90 Å². The Hall–Kier alpha value is -3.54. The summed E-state index contributed by atoms with van der Waals surface area (Å²) in [6, 6.07) is 16.4. The van der Waals surface area contributed by atoms with Crippen LogP contribution >= 0.6 is 0 Å². The zero-order chi connectivity index (χ0) is 20.5. The molecule has 6 nitrogen and oxygen atoms in total. The topological polar surface area (TPSA) is 76.1 Å². The second-order valence-corrected chi connectivity index (χ2v) is 7.02. The Morgan fingerprint density at radius 1 is 1.03 bits per heavy atom. The fraction of sp³-hybridized carbons (Fsp3) is 0.217. The predicted molar refractivity (Wildman–Crippen MR) is 108 cm³/mol. The molecule has 1 aliphatic heterocycles. The summed E-state index contributed by atoms with van der Waals surface area (Å²) in [7, 11) is 3.06. The largest absolute Gasteiger partial charge is 0.493 e. The van der Waals surface area contributed by atoms with Crippen LogP contribution in [-0.4, -0.2) is 36.1 Å². The van der Waals surface area contributed by atoms with Crippen LogP contribution in [0.3, 0.4) is 0 Å². The zero-order valence-electron chi connectivity index (χ0n) is 16.2. The molecule has 1 heterocycles. The SMILES string of the molecule is COc1ccc(C(CC(=O)O)N2Cc3cc4ccccc4cc3C2=O)cc1OC. The van der Waals surface area contributed by atoms with Crippen LogP contribution < -0.4 is 9.47 Å². The molecular weight excluding hydrogens is 370 g/mol. The number of methoxy groups -OCH3 is 2. The summed E-state index contributed by atoms with van der Waals surface area (Å²) >= 11 is 0. The summed E-state index contributed by atoms with van der Waals surface area (Å²) in [4.78, 5) is 26.4. The molecule has 0 aliphatic carbocycles. The summed E-state index contributed by atoms with van der Waals surface area (Å²) in [5, 5.41) is 11.5. The Bertz CT molecular complexity index is 1110. The van der Waals surface area contributed by atoms with Crippen LogP contribution in [0.5, 0.6) is 11.5 Å². The van der Waals surface area contributed by atoms with E-state index >= 15 is 0 Å². The maximum absolute atomic E-state index is 13.2. The van der Waals surface area contributed by atoms with E-state index in [4.69, 9.17) is 9.47 Å². The van der Waals surface area contributed by atoms with Gasteiger partial charge in [-0.05, 0) is 46.2 Å². The predicted octanol–water partition coefficient (Wildman–Crippen LogP) is 4.03. The van der Waals surface area contributed by atoms with Crippen LogP contribution in [0.2, 0.25) is 0 Å². The standard InChI is InChI=1S/C23H21NO5/c1-28-20-8-7-16(11-21(20)29-2)19(12-22(25)26)24-13-17-9-14-5-3-4-6-15(14)10-18(17)23(24)27/h3-11,19H,12-13H2,1-2H3,(H,25,26). The number of hydrogen-bond acceptors (Lipinski definition) is 4. The molecule has 0 saturated heterocycles. The Labute approximate surface area is 168 Å². The lowest BCUT2D eigenvalue weighted by atomic mass is 10.0. The van der Waals surface area contributed by atoms with Gasteiger partial charge >= 0.3 is 5.97 Å². The van der Waals surface area contributed by atoms with E-state index < -0.39 is 12.0 Å². The van der Waals surface area contributed by atoms with Crippen LogP contribution in [0.4, 0.5) is 0 Å². The van der Waals surface area contributed by atoms with Crippen LogP contribution in [0.25, 0.3) is 10.8 Å². The molecule has 0 fully saturated rings. The van der Waals surface area contributed by atoms with Gasteiger partial charge in [-0.15, -0.1) is 0 Å². The van der Waals surface area contributed by atoms with E-state index in [9.17, 15) is 14.7 Å². The van der Waals surface area contributed by atoms with E-state index in [1.807, 2.05) is 36.4 Å². The number of fused-ring (bicyclic) bond motifs is 2. The van der Waals surface area contributed by atoms with E-state index in [2.05, 4.69) is 0 Å². The lowest BCUT2D eigenvalue weighted by Gasteiger charge is -2.27. The highest BCUT2D eigenvalue weighted by atomic mass is 16.5. The fourth-order valence-electron chi connectivity index (χ4n) is 3.91. The first kappa shape index (κ1) is 18.8. The van der Waals surface area contributed by atoms with Crippen molar-refractivity contribution in [3.05, 3.63) is 71.3 Å². The lowest BCUT2D eigenvalue weighted by molar-refractivity contribution is -0.138. The Kier molecular flexibility index (Phi) is 4.84. The summed E-state index contributed by atoms with van der Waals surface area (Å²) in [5.41, 5.74) is 2.22. The number of nitrogens with zero attached hydrogens (tertiary/aromatic N) is 1. The number of ether oxygens (including phenoxy) is 2. The molecule has 29 heavy (non-hydrogen) atoms.